The van der Waals surface area contributed by atoms with Crippen LogP contribution in [0.25, 0.3) is 0 Å². The van der Waals surface area contributed by atoms with Crippen LogP contribution in [-0.2, 0) is 6.54 Å². The average molecular weight is 363 g/mol. The van der Waals surface area contributed by atoms with Gasteiger partial charge in [0.15, 0.2) is 5.76 Å². The van der Waals surface area contributed by atoms with Gasteiger partial charge in [-0.15, -0.1) is 0 Å². The molecule has 2 rings (SSSR count). The molecule has 0 atom stereocenters. The number of hydrogen-bond acceptors (Lipinski definition) is 5. The van der Waals surface area contributed by atoms with E-state index in [1.54, 1.807) is 28.7 Å². The van der Waals surface area contributed by atoms with Crippen molar-refractivity contribution >= 4 is 34.0 Å². The van der Waals surface area contributed by atoms with Crippen molar-refractivity contribution < 1.29 is 13.8 Å². The topological polar surface area (TPSA) is 81.2 Å². The normalized spacial score (nSPS) is 10.3. The molecule has 0 aliphatic carbocycles. The van der Waals surface area contributed by atoms with Gasteiger partial charge in [-0.2, -0.15) is 0 Å². The van der Waals surface area contributed by atoms with Gasteiger partial charge in [0.25, 0.3) is 5.69 Å². The summed E-state index contributed by atoms with van der Waals surface area (Å²) in [5.74, 6) is -0.00970. The number of nitrogens with one attached hydrogen (secondary N) is 1. The third-order valence-electron chi connectivity index (χ3n) is 2.18. The molecule has 0 spiro atoms. The minimum Gasteiger partial charge on any atom is -0.372 e. The highest BCUT2D eigenvalue weighted by Crippen LogP contribution is 2.28. The zero-order chi connectivity index (χ0) is 13.1. The van der Waals surface area contributed by atoms with E-state index in [-0.39, 0.29) is 21.5 Å². The summed E-state index contributed by atoms with van der Waals surface area (Å²) >= 11 is 1.70. The summed E-state index contributed by atoms with van der Waals surface area (Å²) in [6, 6.07) is 3.89. The van der Waals surface area contributed by atoms with Gasteiger partial charge in [0.2, 0.25) is 0 Å². The van der Waals surface area contributed by atoms with Crippen LogP contribution in [0.4, 0.5) is 15.8 Å². The number of aromatic nitrogens is 1. The zero-order valence-electron chi connectivity index (χ0n) is 8.89. The molecular formula is C10H7FIN3O3. The second-order valence-electron chi connectivity index (χ2n) is 3.37. The third kappa shape index (κ3) is 2.75. The number of nitro groups is 1. The molecule has 8 heteroatoms. The van der Waals surface area contributed by atoms with Crippen molar-refractivity contribution in [3.8, 4) is 0 Å². The van der Waals surface area contributed by atoms with Crippen LogP contribution >= 0.6 is 22.6 Å². The van der Waals surface area contributed by atoms with Crippen LogP contribution in [0, 0.1) is 19.5 Å². The second kappa shape index (κ2) is 5.29. The number of anilines is 1. The van der Waals surface area contributed by atoms with Crippen LogP contribution in [0.2, 0.25) is 0 Å². The van der Waals surface area contributed by atoms with Crippen molar-refractivity contribution in [2.75, 3.05) is 5.32 Å². The Hall–Kier alpha value is -1.71. The smallest absolute Gasteiger partial charge is 0.293 e. The van der Waals surface area contributed by atoms with Crippen LogP contribution in [0.1, 0.15) is 5.76 Å². The van der Waals surface area contributed by atoms with Crippen LogP contribution in [0.15, 0.2) is 28.9 Å². The quantitative estimate of drug-likeness (QED) is 0.513. The molecule has 0 radical (unpaired) electrons. The Morgan fingerprint density at radius 3 is 2.94 bits per heavy atom. The van der Waals surface area contributed by atoms with Gasteiger partial charge >= 0.3 is 0 Å². The fourth-order valence-corrected chi connectivity index (χ4v) is 1.80. The molecule has 1 N–H and O–H groups in total. The van der Waals surface area contributed by atoms with Gasteiger partial charge < -0.3 is 9.84 Å². The summed E-state index contributed by atoms with van der Waals surface area (Å²) in [6.45, 7) is 0.195. The maximum absolute atomic E-state index is 13.4. The lowest BCUT2D eigenvalue weighted by molar-refractivity contribution is -0.384. The standard InChI is InChI=1S/C10H7FIN3O3/c11-7-3-9(10(15(16)17)4-8(7)12)13-5-6-1-2-14-18-6/h1-4,13H,5H2. The molecule has 0 aliphatic rings. The molecule has 18 heavy (non-hydrogen) atoms. The van der Waals surface area contributed by atoms with E-state index in [4.69, 9.17) is 4.52 Å². The first-order chi connectivity index (χ1) is 8.58. The summed E-state index contributed by atoms with van der Waals surface area (Å²) in [5, 5.41) is 17.1. The van der Waals surface area contributed by atoms with Crippen molar-refractivity contribution in [2.24, 2.45) is 0 Å². The Labute approximate surface area is 114 Å². The van der Waals surface area contributed by atoms with Gasteiger partial charge in [-0.25, -0.2) is 4.39 Å². The minimum absolute atomic E-state index is 0.106. The lowest BCUT2D eigenvalue weighted by Gasteiger charge is -2.06. The Morgan fingerprint density at radius 2 is 2.33 bits per heavy atom. The Kier molecular flexibility index (Phi) is 3.75. The van der Waals surface area contributed by atoms with Crippen LogP contribution in [-0.4, -0.2) is 10.1 Å². The molecule has 0 amide bonds. The highest BCUT2D eigenvalue weighted by atomic mass is 127. The van der Waals surface area contributed by atoms with E-state index in [0.29, 0.717) is 5.76 Å². The molecule has 1 aromatic heterocycles. The predicted molar refractivity (Wildman–Crippen MR) is 69.6 cm³/mol. The molecule has 6 nitrogen and oxygen atoms in total. The second-order valence-corrected chi connectivity index (χ2v) is 4.54. The molecule has 1 heterocycles. The van der Waals surface area contributed by atoms with Crippen LogP contribution in [0.3, 0.4) is 0 Å². The first-order valence-electron chi connectivity index (χ1n) is 4.85. The van der Waals surface area contributed by atoms with Crippen molar-refractivity contribution in [3.05, 3.63) is 49.7 Å². The summed E-state index contributed by atoms with van der Waals surface area (Å²) in [7, 11) is 0. The molecule has 0 saturated carbocycles. The maximum Gasteiger partial charge on any atom is 0.293 e. The first-order valence-corrected chi connectivity index (χ1v) is 5.92. The SMILES string of the molecule is O=[N+]([O-])c1cc(I)c(F)cc1NCc1ccno1. The summed E-state index contributed by atoms with van der Waals surface area (Å²) in [4.78, 5) is 10.3. The highest BCUT2D eigenvalue weighted by Gasteiger charge is 2.17. The number of benzene rings is 1. The molecule has 0 aliphatic heterocycles. The van der Waals surface area contributed by atoms with Gasteiger partial charge in [0.05, 0.1) is 21.2 Å². The van der Waals surface area contributed by atoms with E-state index >= 15 is 0 Å². The van der Waals surface area contributed by atoms with E-state index < -0.39 is 10.7 Å². The number of rotatable bonds is 4. The summed E-state index contributed by atoms with van der Waals surface area (Å²) in [5.41, 5.74) is -0.0744. The summed E-state index contributed by atoms with van der Waals surface area (Å²) < 4.78 is 18.4. The monoisotopic (exact) mass is 363 g/mol. The average Bonchev–Trinajstić information content (AvgIpc) is 2.83. The van der Waals surface area contributed by atoms with Crippen molar-refractivity contribution in [2.45, 2.75) is 6.54 Å². The first kappa shape index (κ1) is 12.7. The maximum atomic E-state index is 13.4. The number of hydrogen-bond donors (Lipinski definition) is 1. The van der Waals surface area contributed by atoms with E-state index in [1.807, 2.05) is 0 Å². The molecule has 0 bridgehead atoms. The van der Waals surface area contributed by atoms with Crippen LogP contribution in [0.5, 0.6) is 0 Å². The van der Waals surface area contributed by atoms with E-state index in [0.717, 1.165) is 6.07 Å². The van der Waals surface area contributed by atoms with Crippen molar-refractivity contribution in [1.29, 1.82) is 0 Å². The fourth-order valence-electron chi connectivity index (χ4n) is 1.34. The van der Waals surface area contributed by atoms with E-state index in [9.17, 15) is 14.5 Å². The Morgan fingerprint density at radius 1 is 1.56 bits per heavy atom. The van der Waals surface area contributed by atoms with Crippen LogP contribution < -0.4 is 5.32 Å². The predicted octanol–water partition coefficient (Wildman–Crippen LogP) is 2.94. The zero-order valence-corrected chi connectivity index (χ0v) is 11.0. The van der Waals surface area contributed by atoms with E-state index in [1.165, 1.54) is 12.3 Å². The number of halogens is 2. The number of nitro benzene ring substituents is 1. The molecule has 0 unspecified atom stereocenters. The lowest BCUT2D eigenvalue weighted by Crippen LogP contribution is -2.03. The van der Waals surface area contributed by atoms with Gasteiger partial charge in [0, 0.05) is 18.2 Å². The summed E-state index contributed by atoms with van der Waals surface area (Å²) in [6.07, 6.45) is 1.46. The largest absolute Gasteiger partial charge is 0.372 e. The van der Waals surface area contributed by atoms with Gasteiger partial charge in [-0.3, -0.25) is 10.1 Å². The molecule has 0 saturated heterocycles. The molecular weight excluding hydrogens is 356 g/mol. The molecule has 94 valence electrons. The molecule has 1 aromatic carbocycles. The molecule has 0 fully saturated rings. The van der Waals surface area contributed by atoms with Crippen molar-refractivity contribution in [3.63, 3.8) is 0 Å². The van der Waals surface area contributed by atoms with E-state index in [2.05, 4.69) is 10.5 Å². The highest BCUT2D eigenvalue weighted by molar-refractivity contribution is 14.1. The Balaban J connectivity index is 2.25. The fraction of sp³-hybridized carbons (Fsp3) is 0.100. The Bertz CT molecular complexity index is 574. The van der Waals surface area contributed by atoms with Gasteiger partial charge in [0.1, 0.15) is 11.5 Å². The lowest BCUT2D eigenvalue weighted by atomic mass is 10.2. The number of nitrogens with zero attached hydrogens (tertiary/aromatic N) is 2. The third-order valence-corrected chi connectivity index (χ3v) is 3.01. The van der Waals surface area contributed by atoms with Gasteiger partial charge in [-0.05, 0) is 22.6 Å². The molecule has 2 aromatic rings. The minimum atomic E-state index is -0.565. The van der Waals surface area contributed by atoms with Crippen molar-refractivity contribution in [1.82, 2.24) is 5.16 Å². The van der Waals surface area contributed by atoms with Gasteiger partial charge in [-0.1, -0.05) is 5.16 Å².